The van der Waals surface area contributed by atoms with Crippen LogP contribution in [0.3, 0.4) is 0 Å². The van der Waals surface area contributed by atoms with E-state index >= 15 is 0 Å². The molecule has 1 aliphatic carbocycles. The normalized spacial score (nSPS) is 14.9. The van der Waals surface area contributed by atoms with Crippen molar-refractivity contribution in [1.29, 1.82) is 0 Å². The molecule has 0 spiro atoms. The molecule has 0 radical (unpaired) electrons. The molecule has 0 heterocycles. The van der Waals surface area contributed by atoms with Crippen molar-refractivity contribution >= 4 is 33.5 Å². The fourth-order valence-corrected chi connectivity index (χ4v) is 2.44. The van der Waals surface area contributed by atoms with Gasteiger partial charge in [-0.05, 0) is 37.1 Å². The van der Waals surface area contributed by atoms with Crippen LogP contribution in [0.5, 0.6) is 0 Å². The van der Waals surface area contributed by atoms with Gasteiger partial charge in [0.2, 0.25) is 5.91 Å². The molecule has 1 aromatic rings. The number of benzene rings is 1. The highest BCUT2D eigenvalue weighted by molar-refractivity contribution is 9.10. The lowest BCUT2D eigenvalue weighted by Crippen LogP contribution is -2.43. The van der Waals surface area contributed by atoms with E-state index in [1.54, 1.807) is 7.05 Å². The molecular weight excluding hydrogens is 344 g/mol. The van der Waals surface area contributed by atoms with Gasteiger partial charge < -0.3 is 16.0 Å². The maximum absolute atomic E-state index is 11.9. The van der Waals surface area contributed by atoms with Gasteiger partial charge in [-0.25, -0.2) is 0 Å². The first-order chi connectivity index (χ1) is 10.7. The van der Waals surface area contributed by atoms with Crippen molar-refractivity contribution < 1.29 is 4.79 Å². The van der Waals surface area contributed by atoms with Crippen LogP contribution in [-0.2, 0) is 4.79 Å². The van der Waals surface area contributed by atoms with Crippen molar-refractivity contribution in [2.75, 3.05) is 18.9 Å². The second-order valence-electron chi connectivity index (χ2n) is 5.09. The van der Waals surface area contributed by atoms with E-state index in [4.69, 9.17) is 0 Å². The number of anilines is 1. The van der Waals surface area contributed by atoms with Crippen LogP contribution in [0.2, 0.25) is 0 Å². The van der Waals surface area contributed by atoms with E-state index in [0.717, 1.165) is 29.0 Å². The monoisotopic (exact) mass is 364 g/mol. The largest absolute Gasteiger partial charge is 0.356 e. The number of hydrogen-bond donors (Lipinski definition) is 3. The van der Waals surface area contributed by atoms with Crippen LogP contribution < -0.4 is 16.0 Å². The first-order valence-electron chi connectivity index (χ1n) is 7.35. The van der Waals surface area contributed by atoms with Crippen LogP contribution in [0.4, 0.5) is 5.69 Å². The van der Waals surface area contributed by atoms with E-state index in [-0.39, 0.29) is 5.91 Å². The molecule has 0 bridgehead atoms. The predicted octanol–water partition coefficient (Wildman–Crippen LogP) is 2.66. The summed E-state index contributed by atoms with van der Waals surface area (Å²) in [6.07, 6.45) is 6.75. The second kappa shape index (κ2) is 8.58. The van der Waals surface area contributed by atoms with Crippen LogP contribution in [-0.4, -0.2) is 31.5 Å². The quantitative estimate of drug-likeness (QED) is 0.427. The molecule has 0 unspecified atom stereocenters. The minimum Gasteiger partial charge on any atom is -0.356 e. The molecule has 1 aliphatic rings. The third-order valence-electron chi connectivity index (χ3n) is 3.34. The number of carbonyl (C=O) groups excluding carboxylic acids is 1. The number of nitrogens with zero attached hydrogens (tertiary/aromatic N) is 1. The first kappa shape index (κ1) is 16.5. The van der Waals surface area contributed by atoms with Crippen LogP contribution in [0.1, 0.15) is 19.3 Å². The third kappa shape index (κ3) is 5.52. The number of rotatable bonds is 5. The van der Waals surface area contributed by atoms with E-state index in [0.29, 0.717) is 19.0 Å². The number of amides is 1. The summed E-state index contributed by atoms with van der Waals surface area (Å²) >= 11 is 3.37. The lowest BCUT2D eigenvalue weighted by Gasteiger charge is -2.16. The van der Waals surface area contributed by atoms with Gasteiger partial charge in [-0.1, -0.05) is 28.1 Å². The van der Waals surface area contributed by atoms with Gasteiger partial charge in [0.1, 0.15) is 0 Å². The van der Waals surface area contributed by atoms with Crippen molar-refractivity contribution in [3.8, 4) is 0 Å². The van der Waals surface area contributed by atoms with Gasteiger partial charge in [-0.2, -0.15) is 0 Å². The molecule has 1 aromatic carbocycles. The van der Waals surface area contributed by atoms with Gasteiger partial charge in [0.25, 0.3) is 0 Å². The number of hydrogen-bond acceptors (Lipinski definition) is 2. The molecule has 0 saturated carbocycles. The molecule has 0 saturated heterocycles. The molecule has 2 rings (SSSR count). The van der Waals surface area contributed by atoms with E-state index in [1.807, 2.05) is 24.3 Å². The van der Waals surface area contributed by atoms with Crippen LogP contribution >= 0.6 is 15.9 Å². The van der Waals surface area contributed by atoms with Crippen molar-refractivity contribution in [2.45, 2.75) is 25.3 Å². The summed E-state index contributed by atoms with van der Waals surface area (Å²) in [5, 5.41) is 9.36. The Hall–Kier alpha value is -1.82. The molecule has 0 aliphatic heterocycles. The molecule has 5 nitrogen and oxygen atoms in total. The molecular formula is C16H21BrN4O. The third-order valence-corrected chi connectivity index (χ3v) is 3.87. The molecule has 0 fully saturated rings. The molecule has 0 aromatic heterocycles. The van der Waals surface area contributed by atoms with Gasteiger partial charge in [0.15, 0.2) is 5.96 Å². The van der Waals surface area contributed by atoms with Crippen LogP contribution in [0.15, 0.2) is 45.9 Å². The van der Waals surface area contributed by atoms with Gasteiger partial charge in [-0.3, -0.25) is 9.79 Å². The smallest absolute Gasteiger partial charge is 0.226 e. The zero-order chi connectivity index (χ0) is 15.8. The Labute approximate surface area is 139 Å². The van der Waals surface area contributed by atoms with Crippen molar-refractivity contribution in [1.82, 2.24) is 10.6 Å². The van der Waals surface area contributed by atoms with Gasteiger partial charge in [0, 0.05) is 36.2 Å². The fraction of sp³-hybridized carbons (Fsp3) is 0.375. The Morgan fingerprint density at radius 1 is 1.27 bits per heavy atom. The summed E-state index contributed by atoms with van der Waals surface area (Å²) < 4.78 is 0.989. The number of guanidine groups is 1. The van der Waals surface area contributed by atoms with Gasteiger partial charge >= 0.3 is 0 Å². The summed E-state index contributed by atoms with van der Waals surface area (Å²) in [4.78, 5) is 16.1. The van der Waals surface area contributed by atoms with Gasteiger partial charge in [0.05, 0.1) is 0 Å². The standard InChI is InChI=1S/C16H21BrN4O/c1-18-16(21-13-4-2-3-5-13)19-11-10-15(22)20-14-8-6-12(17)7-9-14/h2-3,6-9,13H,4-5,10-11H2,1H3,(H,20,22)(H2,18,19,21). The maximum Gasteiger partial charge on any atom is 0.226 e. The van der Waals surface area contributed by atoms with Crippen molar-refractivity contribution in [3.63, 3.8) is 0 Å². The minimum absolute atomic E-state index is 0.0205. The average Bonchev–Trinajstić information content (AvgIpc) is 3.01. The zero-order valence-corrected chi connectivity index (χ0v) is 14.2. The molecule has 6 heteroatoms. The molecule has 0 atom stereocenters. The SMILES string of the molecule is CN=C(NCCC(=O)Nc1ccc(Br)cc1)NC1CC=CC1. The van der Waals surface area contributed by atoms with E-state index in [2.05, 4.69) is 49.0 Å². The summed E-state index contributed by atoms with van der Waals surface area (Å²) in [6.45, 7) is 0.544. The Balaban J connectivity index is 1.68. The van der Waals surface area contributed by atoms with Crippen LogP contribution in [0, 0.1) is 0 Å². The highest BCUT2D eigenvalue weighted by Crippen LogP contribution is 2.14. The Kier molecular flexibility index (Phi) is 6.45. The summed E-state index contributed by atoms with van der Waals surface area (Å²) in [6, 6.07) is 7.93. The Morgan fingerprint density at radius 3 is 2.59 bits per heavy atom. The molecule has 118 valence electrons. The Morgan fingerprint density at radius 2 is 1.95 bits per heavy atom. The van der Waals surface area contributed by atoms with Crippen molar-refractivity contribution in [3.05, 3.63) is 40.9 Å². The number of carbonyl (C=O) groups is 1. The topological polar surface area (TPSA) is 65.5 Å². The second-order valence-corrected chi connectivity index (χ2v) is 6.00. The van der Waals surface area contributed by atoms with E-state index < -0.39 is 0 Å². The van der Waals surface area contributed by atoms with E-state index in [9.17, 15) is 4.79 Å². The Bertz CT molecular complexity index is 546. The fourth-order valence-electron chi connectivity index (χ4n) is 2.17. The van der Waals surface area contributed by atoms with Crippen molar-refractivity contribution in [2.24, 2.45) is 4.99 Å². The number of aliphatic imine (C=N–C) groups is 1. The van der Waals surface area contributed by atoms with Crippen LogP contribution in [0.25, 0.3) is 0 Å². The highest BCUT2D eigenvalue weighted by atomic mass is 79.9. The lowest BCUT2D eigenvalue weighted by atomic mass is 10.2. The molecule has 22 heavy (non-hydrogen) atoms. The number of nitrogens with one attached hydrogen (secondary N) is 3. The summed E-state index contributed by atoms with van der Waals surface area (Å²) in [7, 11) is 1.74. The minimum atomic E-state index is -0.0205. The predicted molar refractivity (Wildman–Crippen MR) is 94.0 cm³/mol. The van der Waals surface area contributed by atoms with Gasteiger partial charge in [-0.15, -0.1) is 0 Å². The van der Waals surface area contributed by atoms with E-state index in [1.165, 1.54) is 0 Å². The maximum atomic E-state index is 11.9. The highest BCUT2D eigenvalue weighted by Gasteiger charge is 2.11. The zero-order valence-electron chi connectivity index (χ0n) is 12.6. The lowest BCUT2D eigenvalue weighted by molar-refractivity contribution is -0.116. The molecule has 3 N–H and O–H groups in total. The summed E-state index contributed by atoms with van der Waals surface area (Å²) in [5.41, 5.74) is 0.799. The molecule has 1 amide bonds. The number of halogens is 1. The summed E-state index contributed by atoms with van der Waals surface area (Å²) in [5.74, 6) is 0.720. The average molecular weight is 365 g/mol. The first-order valence-corrected chi connectivity index (χ1v) is 8.14.